The Kier molecular flexibility index (Phi) is 8.01. The minimum atomic E-state index is -0.626. The number of nitrogens with two attached hydrogens (primary N) is 1. The number of primary amides is 1. The molecule has 0 aromatic heterocycles. The molecule has 6 nitrogen and oxygen atoms in total. The van der Waals surface area contributed by atoms with Crippen molar-refractivity contribution < 1.29 is 9.59 Å². The number of halogens is 1. The van der Waals surface area contributed by atoms with E-state index in [0.717, 1.165) is 30.6 Å². The van der Waals surface area contributed by atoms with Crippen LogP contribution < -0.4 is 21.7 Å². The average molecular weight is 355 g/mol. The maximum atomic E-state index is 12.4. The monoisotopic (exact) mass is 354 g/mol. The van der Waals surface area contributed by atoms with E-state index >= 15 is 0 Å². The van der Waals surface area contributed by atoms with Gasteiger partial charge in [0.1, 0.15) is 0 Å². The molecule has 2 rings (SSSR count). The average Bonchev–Trinajstić information content (AvgIpc) is 2.49. The van der Waals surface area contributed by atoms with Crippen LogP contribution in [-0.4, -0.2) is 31.1 Å². The SMILES string of the molecule is Cc1ccccc1C(CC(=O)NC1CNCCC1C)NC(N)=O.Cl. The van der Waals surface area contributed by atoms with Crippen LogP contribution in [-0.2, 0) is 4.79 Å². The summed E-state index contributed by atoms with van der Waals surface area (Å²) in [5.74, 6) is 0.369. The van der Waals surface area contributed by atoms with Crippen molar-refractivity contribution in [1.82, 2.24) is 16.0 Å². The Hall–Kier alpha value is -1.79. The van der Waals surface area contributed by atoms with Gasteiger partial charge in [-0.25, -0.2) is 4.79 Å². The molecule has 3 amide bonds. The van der Waals surface area contributed by atoms with Crippen molar-refractivity contribution >= 4 is 24.3 Å². The van der Waals surface area contributed by atoms with Crippen molar-refractivity contribution in [2.24, 2.45) is 11.7 Å². The van der Waals surface area contributed by atoms with Gasteiger partial charge in [0, 0.05) is 12.6 Å². The summed E-state index contributed by atoms with van der Waals surface area (Å²) in [6.07, 6.45) is 1.22. The molecule has 7 heteroatoms. The Morgan fingerprint density at radius 1 is 1.38 bits per heavy atom. The van der Waals surface area contributed by atoms with Gasteiger partial charge in [0.05, 0.1) is 12.5 Å². The number of benzene rings is 1. The van der Waals surface area contributed by atoms with E-state index in [1.165, 1.54) is 0 Å². The number of nitrogens with one attached hydrogen (secondary N) is 3. The highest BCUT2D eigenvalue weighted by Crippen LogP contribution is 2.21. The number of aryl methyl sites for hydroxylation is 1. The van der Waals surface area contributed by atoms with Crippen molar-refractivity contribution in [2.45, 2.75) is 38.8 Å². The summed E-state index contributed by atoms with van der Waals surface area (Å²) >= 11 is 0. The Balaban J connectivity index is 0.00000288. The lowest BCUT2D eigenvalue weighted by Crippen LogP contribution is -2.50. The van der Waals surface area contributed by atoms with Crippen LogP contribution in [0.2, 0.25) is 0 Å². The van der Waals surface area contributed by atoms with Gasteiger partial charge in [-0.05, 0) is 36.9 Å². The molecule has 5 N–H and O–H groups in total. The third kappa shape index (κ3) is 5.69. The van der Waals surface area contributed by atoms with Gasteiger partial charge in [0.15, 0.2) is 0 Å². The number of hydrogen-bond acceptors (Lipinski definition) is 3. The summed E-state index contributed by atoms with van der Waals surface area (Å²) in [5.41, 5.74) is 7.20. The molecule has 1 aliphatic rings. The number of urea groups is 1. The van der Waals surface area contributed by atoms with E-state index in [-0.39, 0.29) is 30.8 Å². The van der Waals surface area contributed by atoms with Crippen LogP contribution in [0.3, 0.4) is 0 Å². The zero-order chi connectivity index (χ0) is 16.8. The molecule has 134 valence electrons. The maximum absolute atomic E-state index is 12.4. The fourth-order valence-electron chi connectivity index (χ4n) is 3.02. The van der Waals surface area contributed by atoms with Crippen molar-refractivity contribution in [3.05, 3.63) is 35.4 Å². The smallest absolute Gasteiger partial charge is 0.312 e. The molecule has 0 spiro atoms. The second-order valence-corrected chi connectivity index (χ2v) is 6.27. The number of rotatable bonds is 5. The Morgan fingerprint density at radius 2 is 2.08 bits per heavy atom. The third-order valence-electron chi connectivity index (χ3n) is 4.44. The van der Waals surface area contributed by atoms with Gasteiger partial charge >= 0.3 is 6.03 Å². The molecule has 1 aromatic carbocycles. The first-order valence-corrected chi connectivity index (χ1v) is 8.09. The highest BCUT2D eigenvalue weighted by molar-refractivity contribution is 5.85. The molecule has 24 heavy (non-hydrogen) atoms. The number of amides is 3. The molecule has 1 aliphatic heterocycles. The van der Waals surface area contributed by atoms with Gasteiger partial charge < -0.3 is 21.7 Å². The van der Waals surface area contributed by atoms with Gasteiger partial charge in [0.25, 0.3) is 0 Å². The minimum absolute atomic E-state index is 0. The summed E-state index contributed by atoms with van der Waals surface area (Å²) in [6.45, 7) is 5.87. The van der Waals surface area contributed by atoms with Crippen molar-refractivity contribution in [2.75, 3.05) is 13.1 Å². The van der Waals surface area contributed by atoms with Crippen molar-refractivity contribution in [1.29, 1.82) is 0 Å². The molecule has 3 unspecified atom stereocenters. The van der Waals surface area contributed by atoms with Crippen LogP contribution in [0.25, 0.3) is 0 Å². The first kappa shape index (κ1) is 20.3. The third-order valence-corrected chi connectivity index (χ3v) is 4.44. The lowest BCUT2D eigenvalue weighted by molar-refractivity contribution is -0.122. The maximum Gasteiger partial charge on any atom is 0.312 e. The highest BCUT2D eigenvalue weighted by atomic mass is 35.5. The Morgan fingerprint density at radius 3 is 2.71 bits per heavy atom. The first-order valence-electron chi connectivity index (χ1n) is 8.09. The Bertz CT molecular complexity index is 567. The van der Waals surface area contributed by atoms with Crippen molar-refractivity contribution in [3.63, 3.8) is 0 Å². The quantitative estimate of drug-likeness (QED) is 0.647. The van der Waals surface area contributed by atoms with E-state index in [2.05, 4.69) is 22.9 Å². The molecule has 1 fully saturated rings. The van der Waals surface area contributed by atoms with Crippen LogP contribution >= 0.6 is 12.4 Å². The molecular formula is C17H27ClN4O2. The molecule has 0 bridgehead atoms. The van der Waals surface area contributed by atoms with Crippen LogP contribution in [0.15, 0.2) is 24.3 Å². The standard InChI is InChI=1S/C17H26N4O2.ClH/c1-11-5-3-4-6-13(11)14(21-17(18)23)9-16(22)20-15-10-19-8-7-12(15)2;/h3-6,12,14-15,19H,7-10H2,1-2H3,(H,20,22)(H3,18,21,23);1H. The van der Waals surface area contributed by atoms with Crippen LogP contribution in [0, 0.1) is 12.8 Å². The molecule has 0 radical (unpaired) electrons. The molecule has 0 saturated carbocycles. The van der Waals surface area contributed by atoms with Crippen LogP contribution in [0.1, 0.15) is 36.9 Å². The largest absolute Gasteiger partial charge is 0.352 e. The van der Waals surface area contributed by atoms with E-state index in [0.29, 0.717) is 5.92 Å². The summed E-state index contributed by atoms with van der Waals surface area (Å²) < 4.78 is 0. The summed E-state index contributed by atoms with van der Waals surface area (Å²) in [6, 6.07) is 6.77. The molecular weight excluding hydrogens is 328 g/mol. The highest BCUT2D eigenvalue weighted by Gasteiger charge is 2.25. The number of piperidine rings is 1. The predicted molar refractivity (Wildman–Crippen MR) is 97.1 cm³/mol. The van der Waals surface area contributed by atoms with Gasteiger partial charge in [-0.2, -0.15) is 0 Å². The van der Waals surface area contributed by atoms with Gasteiger partial charge in [0.2, 0.25) is 5.91 Å². The van der Waals surface area contributed by atoms with E-state index in [4.69, 9.17) is 5.73 Å². The lowest BCUT2D eigenvalue weighted by atomic mass is 9.94. The summed E-state index contributed by atoms with van der Waals surface area (Å²) in [4.78, 5) is 23.7. The number of hydrogen-bond donors (Lipinski definition) is 4. The fourth-order valence-corrected chi connectivity index (χ4v) is 3.02. The molecule has 3 atom stereocenters. The van der Waals surface area contributed by atoms with Crippen molar-refractivity contribution in [3.8, 4) is 0 Å². The minimum Gasteiger partial charge on any atom is -0.352 e. The van der Waals surface area contributed by atoms with E-state index in [1.54, 1.807) is 0 Å². The zero-order valence-corrected chi connectivity index (χ0v) is 15.0. The topological polar surface area (TPSA) is 96.2 Å². The van der Waals surface area contributed by atoms with Gasteiger partial charge in [-0.1, -0.05) is 31.2 Å². The summed E-state index contributed by atoms with van der Waals surface area (Å²) in [5, 5.41) is 9.04. The van der Waals surface area contributed by atoms with Crippen LogP contribution in [0.4, 0.5) is 4.79 Å². The number of carbonyl (C=O) groups is 2. The molecule has 1 aromatic rings. The second-order valence-electron chi connectivity index (χ2n) is 6.27. The normalized spacial score (nSPS) is 21.2. The predicted octanol–water partition coefficient (Wildman–Crippen LogP) is 1.63. The Labute approximate surface area is 149 Å². The van der Waals surface area contributed by atoms with Gasteiger partial charge in [-0.15, -0.1) is 12.4 Å². The first-order chi connectivity index (χ1) is 11.0. The fraction of sp³-hybridized carbons (Fsp3) is 0.529. The van der Waals surface area contributed by atoms with Crippen LogP contribution in [0.5, 0.6) is 0 Å². The van der Waals surface area contributed by atoms with E-state index in [9.17, 15) is 9.59 Å². The zero-order valence-electron chi connectivity index (χ0n) is 14.2. The summed E-state index contributed by atoms with van der Waals surface area (Å²) in [7, 11) is 0. The second kappa shape index (κ2) is 9.49. The molecule has 0 aliphatic carbocycles. The lowest BCUT2D eigenvalue weighted by Gasteiger charge is -2.31. The van der Waals surface area contributed by atoms with E-state index in [1.807, 2.05) is 31.2 Å². The molecule has 1 heterocycles. The number of carbonyl (C=O) groups excluding carboxylic acids is 2. The molecule has 1 saturated heterocycles. The van der Waals surface area contributed by atoms with E-state index < -0.39 is 12.1 Å². The van der Waals surface area contributed by atoms with Gasteiger partial charge in [-0.3, -0.25) is 4.79 Å².